The van der Waals surface area contributed by atoms with Crippen LogP contribution in [0, 0.1) is 21.7 Å². The number of non-ortho nitro benzene ring substituents is 1. The fourth-order valence-corrected chi connectivity index (χ4v) is 2.06. The van der Waals surface area contributed by atoms with Crippen LogP contribution in [0.1, 0.15) is 17.3 Å². The third-order valence-corrected chi connectivity index (χ3v) is 3.46. The van der Waals surface area contributed by atoms with Crippen LogP contribution in [-0.4, -0.2) is 30.0 Å². The Morgan fingerprint density at radius 3 is 2.48 bits per heavy atom. The number of methoxy groups -OCH3 is 1. The molecule has 0 bridgehead atoms. The Balaban J connectivity index is 2.09. The molecular weight excluding hydrogens is 366 g/mol. The van der Waals surface area contributed by atoms with Crippen molar-refractivity contribution in [2.45, 2.75) is 13.0 Å². The van der Waals surface area contributed by atoms with Gasteiger partial charge in [0.1, 0.15) is 17.4 Å². The minimum Gasteiger partial charge on any atom is -0.494 e. The first-order chi connectivity index (χ1) is 12.7. The van der Waals surface area contributed by atoms with Crippen LogP contribution >= 0.6 is 0 Å². The molecule has 1 N–H and O–H groups in total. The fraction of sp³-hybridized carbons (Fsp3) is 0.176. The van der Waals surface area contributed by atoms with Gasteiger partial charge in [-0.25, -0.2) is 13.6 Å². The average Bonchev–Trinajstić information content (AvgIpc) is 2.61. The van der Waals surface area contributed by atoms with Crippen LogP contribution in [0.25, 0.3) is 0 Å². The van der Waals surface area contributed by atoms with Crippen LogP contribution < -0.4 is 10.1 Å². The molecule has 0 aromatic heterocycles. The second-order valence-electron chi connectivity index (χ2n) is 5.30. The lowest BCUT2D eigenvalue weighted by Gasteiger charge is -2.15. The SMILES string of the molecule is COc1cc([N+](=O)[O-])ccc1NC(=O)[C@H](C)OC(=O)c1ccc(F)cc1F. The number of hydrogen-bond donors (Lipinski definition) is 1. The number of nitrogens with one attached hydrogen (secondary N) is 1. The van der Waals surface area contributed by atoms with E-state index in [9.17, 15) is 28.5 Å². The van der Waals surface area contributed by atoms with E-state index in [4.69, 9.17) is 9.47 Å². The number of esters is 1. The second-order valence-corrected chi connectivity index (χ2v) is 5.30. The minimum absolute atomic E-state index is 0.0284. The maximum atomic E-state index is 13.6. The van der Waals surface area contributed by atoms with Gasteiger partial charge in [-0.3, -0.25) is 14.9 Å². The monoisotopic (exact) mass is 380 g/mol. The van der Waals surface area contributed by atoms with Gasteiger partial charge in [0.05, 0.1) is 29.4 Å². The highest BCUT2D eigenvalue weighted by molar-refractivity contribution is 5.98. The van der Waals surface area contributed by atoms with Gasteiger partial charge in [-0.1, -0.05) is 0 Å². The summed E-state index contributed by atoms with van der Waals surface area (Å²) < 4.78 is 36.3. The number of hydrogen-bond acceptors (Lipinski definition) is 6. The number of carbonyl (C=O) groups is 2. The first-order valence-electron chi connectivity index (χ1n) is 7.52. The number of nitro groups is 1. The van der Waals surface area contributed by atoms with Crippen molar-refractivity contribution < 1.29 is 32.8 Å². The van der Waals surface area contributed by atoms with E-state index in [1.165, 1.54) is 20.1 Å². The topological polar surface area (TPSA) is 108 Å². The molecule has 8 nitrogen and oxygen atoms in total. The van der Waals surface area contributed by atoms with Crippen molar-refractivity contribution in [3.63, 3.8) is 0 Å². The molecule has 0 aliphatic heterocycles. The Bertz CT molecular complexity index is 903. The Morgan fingerprint density at radius 2 is 1.89 bits per heavy atom. The van der Waals surface area contributed by atoms with Crippen molar-refractivity contribution in [2.24, 2.45) is 0 Å². The van der Waals surface area contributed by atoms with Crippen molar-refractivity contribution in [2.75, 3.05) is 12.4 Å². The van der Waals surface area contributed by atoms with E-state index in [1.807, 2.05) is 0 Å². The molecule has 1 amide bonds. The summed E-state index contributed by atoms with van der Waals surface area (Å²) in [6.45, 7) is 1.24. The van der Waals surface area contributed by atoms with E-state index in [-0.39, 0.29) is 17.1 Å². The largest absolute Gasteiger partial charge is 0.494 e. The fourth-order valence-electron chi connectivity index (χ4n) is 2.06. The zero-order valence-corrected chi connectivity index (χ0v) is 14.2. The van der Waals surface area contributed by atoms with Crippen LogP contribution in [0.2, 0.25) is 0 Å². The standard InChI is InChI=1S/C17H14F2N2O6/c1-9(27-17(23)12-5-3-10(18)7-13(12)19)16(22)20-14-6-4-11(21(24)25)8-15(14)26-2/h3-9H,1-2H3,(H,20,22)/t9-/m0/s1. The average molecular weight is 380 g/mol. The van der Waals surface area contributed by atoms with Crippen LogP contribution in [-0.2, 0) is 9.53 Å². The number of rotatable bonds is 6. The van der Waals surface area contributed by atoms with Crippen molar-refractivity contribution >= 4 is 23.3 Å². The van der Waals surface area contributed by atoms with Crippen LogP contribution in [0.4, 0.5) is 20.2 Å². The van der Waals surface area contributed by atoms with Crippen molar-refractivity contribution in [1.29, 1.82) is 0 Å². The van der Waals surface area contributed by atoms with Crippen LogP contribution in [0.3, 0.4) is 0 Å². The molecule has 0 aliphatic rings. The molecule has 0 spiro atoms. The highest BCUT2D eigenvalue weighted by Crippen LogP contribution is 2.29. The lowest BCUT2D eigenvalue weighted by Crippen LogP contribution is -2.30. The van der Waals surface area contributed by atoms with Gasteiger partial charge in [-0.15, -0.1) is 0 Å². The number of anilines is 1. The summed E-state index contributed by atoms with van der Waals surface area (Å²) >= 11 is 0. The molecule has 27 heavy (non-hydrogen) atoms. The molecule has 0 heterocycles. The van der Waals surface area contributed by atoms with E-state index in [0.29, 0.717) is 6.07 Å². The Kier molecular flexibility index (Phi) is 6.01. The number of carbonyl (C=O) groups excluding carboxylic acids is 2. The summed E-state index contributed by atoms with van der Waals surface area (Å²) in [6.07, 6.45) is -1.33. The van der Waals surface area contributed by atoms with Gasteiger partial charge in [0.2, 0.25) is 0 Å². The first-order valence-corrected chi connectivity index (χ1v) is 7.52. The zero-order valence-electron chi connectivity index (χ0n) is 14.2. The number of halogens is 2. The highest BCUT2D eigenvalue weighted by Gasteiger charge is 2.23. The number of benzene rings is 2. The second kappa shape index (κ2) is 8.21. The predicted molar refractivity (Wildman–Crippen MR) is 89.5 cm³/mol. The highest BCUT2D eigenvalue weighted by atomic mass is 19.1. The number of nitrogens with zero attached hydrogens (tertiary/aromatic N) is 1. The van der Waals surface area contributed by atoms with Gasteiger partial charge < -0.3 is 14.8 Å². The summed E-state index contributed by atoms with van der Waals surface area (Å²) in [5.41, 5.74) is -0.649. The van der Waals surface area contributed by atoms with Crippen molar-refractivity contribution in [3.05, 3.63) is 63.7 Å². The Labute approximate surface area is 151 Å². The third kappa shape index (κ3) is 4.75. The summed E-state index contributed by atoms with van der Waals surface area (Å²) in [6, 6.07) is 5.82. The molecule has 0 fully saturated rings. The molecule has 2 aromatic rings. The Hall–Kier alpha value is -3.56. The van der Waals surface area contributed by atoms with Gasteiger partial charge in [-0.05, 0) is 25.1 Å². The van der Waals surface area contributed by atoms with Gasteiger partial charge in [0.25, 0.3) is 11.6 Å². The van der Waals surface area contributed by atoms with E-state index in [0.717, 1.165) is 24.3 Å². The quantitative estimate of drug-likeness (QED) is 0.469. The number of nitro benzene ring substituents is 1. The first kappa shape index (κ1) is 19.8. The summed E-state index contributed by atoms with van der Waals surface area (Å²) in [5.74, 6) is -3.88. The maximum Gasteiger partial charge on any atom is 0.341 e. The van der Waals surface area contributed by atoms with Crippen LogP contribution in [0.15, 0.2) is 36.4 Å². The lowest BCUT2D eigenvalue weighted by atomic mass is 10.2. The normalized spacial score (nSPS) is 11.4. The van der Waals surface area contributed by atoms with Gasteiger partial charge in [0.15, 0.2) is 6.10 Å². The molecule has 0 aliphatic carbocycles. The van der Waals surface area contributed by atoms with Gasteiger partial charge >= 0.3 is 5.97 Å². The van der Waals surface area contributed by atoms with Crippen molar-refractivity contribution in [3.8, 4) is 5.75 Å². The molecule has 142 valence electrons. The molecule has 0 saturated carbocycles. The Morgan fingerprint density at radius 1 is 1.19 bits per heavy atom. The maximum absolute atomic E-state index is 13.6. The van der Waals surface area contributed by atoms with Crippen molar-refractivity contribution in [1.82, 2.24) is 0 Å². The minimum atomic E-state index is -1.33. The van der Waals surface area contributed by atoms with E-state index in [1.54, 1.807) is 0 Å². The van der Waals surface area contributed by atoms with E-state index in [2.05, 4.69) is 5.32 Å². The smallest absolute Gasteiger partial charge is 0.341 e. The zero-order chi connectivity index (χ0) is 20.1. The molecule has 0 radical (unpaired) electrons. The van der Waals surface area contributed by atoms with Crippen LogP contribution in [0.5, 0.6) is 5.75 Å². The molecular formula is C17H14F2N2O6. The summed E-state index contributed by atoms with van der Waals surface area (Å²) in [7, 11) is 1.26. The predicted octanol–water partition coefficient (Wildman–Crippen LogP) is 3.07. The summed E-state index contributed by atoms with van der Waals surface area (Å²) in [5, 5.41) is 13.2. The van der Waals surface area contributed by atoms with Gasteiger partial charge in [0, 0.05) is 12.1 Å². The molecule has 1 atom stereocenters. The number of amides is 1. The molecule has 2 rings (SSSR count). The lowest BCUT2D eigenvalue weighted by molar-refractivity contribution is -0.384. The van der Waals surface area contributed by atoms with E-state index < -0.39 is 40.1 Å². The molecule has 10 heteroatoms. The molecule has 2 aromatic carbocycles. The van der Waals surface area contributed by atoms with Gasteiger partial charge in [-0.2, -0.15) is 0 Å². The summed E-state index contributed by atoms with van der Waals surface area (Å²) in [4.78, 5) is 34.2. The molecule has 0 saturated heterocycles. The third-order valence-electron chi connectivity index (χ3n) is 3.46. The number of ether oxygens (including phenoxy) is 2. The molecule has 0 unspecified atom stereocenters. The van der Waals surface area contributed by atoms with E-state index >= 15 is 0 Å².